The molecular weight excluding hydrogens is 138 g/mol. The average molecular weight is 153 g/mol. The van der Waals surface area contributed by atoms with Gasteiger partial charge in [-0.1, -0.05) is 12.2 Å². The Balaban J connectivity index is 2.19. The molecule has 2 aliphatic rings. The second-order valence-corrected chi connectivity index (χ2v) is 3.61. The molecule has 11 heavy (non-hydrogen) atoms. The molecule has 0 aliphatic carbocycles. The molecule has 62 valence electrons. The van der Waals surface area contributed by atoms with Crippen molar-refractivity contribution in [1.29, 1.82) is 0 Å². The van der Waals surface area contributed by atoms with Crippen LogP contribution in [0.5, 0.6) is 0 Å². The predicted molar refractivity (Wildman–Crippen MR) is 44.3 cm³/mol. The van der Waals surface area contributed by atoms with E-state index in [-0.39, 0.29) is 6.10 Å². The quantitative estimate of drug-likeness (QED) is 0.520. The average Bonchev–Trinajstić information content (AvgIpc) is 1.98. The first kappa shape index (κ1) is 7.32. The van der Waals surface area contributed by atoms with E-state index in [9.17, 15) is 5.11 Å². The minimum atomic E-state index is -0.0961. The lowest BCUT2D eigenvalue weighted by atomic mass is 9.88. The summed E-state index contributed by atoms with van der Waals surface area (Å²) in [5.41, 5.74) is 0. The molecular formula is C9H15NO. The molecule has 3 atom stereocenters. The van der Waals surface area contributed by atoms with Gasteiger partial charge in [0.05, 0.1) is 6.10 Å². The van der Waals surface area contributed by atoms with Crippen molar-refractivity contribution in [3.63, 3.8) is 0 Å². The van der Waals surface area contributed by atoms with E-state index in [0.29, 0.717) is 12.1 Å². The van der Waals surface area contributed by atoms with Gasteiger partial charge in [0.2, 0.25) is 0 Å². The van der Waals surface area contributed by atoms with E-state index in [1.54, 1.807) is 0 Å². The molecule has 0 aromatic rings. The van der Waals surface area contributed by atoms with E-state index >= 15 is 0 Å². The van der Waals surface area contributed by atoms with E-state index in [1.807, 2.05) is 0 Å². The molecule has 0 aromatic heterocycles. The lowest BCUT2D eigenvalue weighted by Crippen LogP contribution is -2.52. The highest BCUT2D eigenvalue weighted by Gasteiger charge is 2.33. The molecule has 2 heterocycles. The lowest BCUT2D eigenvalue weighted by Gasteiger charge is -2.43. The van der Waals surface area contributed by atoms with Crippen molar-refractivity contribution in [2.45, 2.75) is 37.5 Å². The Kier molecular flexibility index (Phi) is 1.74. The fraction of sp³-hybridized carbons (Fsp3) is 0.778. The van der Waals surface area contributed by atoms with Crippen molar-refractivity contribution in [3.8, 4) is 0 Å². The summed E-state index contributed by atoms with van der Waals surface area (Å²) in [6, 6.07) is 0.982. The molecule has 0 spiro atoms. The van der Waals surface area contributed by atoms with Crippen LogP contribution in [-0.2, 0) is 0 Å². The zero-order chi connectivity index (χ0) is 7.84. The van der Waals surface area contributed by atoms with Crippen LogP contribution in [0.4, 0.5) is 0 Å². The second-order valence-electron chi connectivity index (χ2n) is 3.61. The van der Waals surface area contributed by atoms with Crippen molar-refractivity contribution in [3.05, 3.63) is 12.2 Å². The highest BCUT2D eigenvalue weighted by molar-refractivity contribution is 5.07. The zero-order valence-corrected chi connectivity index (χ0v) is 6.90. The fourth-order valence-electron chi connectivity index (χ4n) is 2.19. The van der Waals surface area contributed by atoms with Gasteiger partial charge in [-0.3, -0.25) is 4.90 Å². The molecule has 2 bridgehead atoms. The summed E-state index contributed by atoms with van der Waals surface area (Å²) in [5, 5.41) is 9.62. The van der Waals surface area contributed by atoms with E-state index in [4.69, 9.17) is 0 Å². The highest BCUT2D eigenvalue weighted by Crippen LogP contribution is 2.28. The minimum Gasteiger partial charge on any atom is -0.391 e. The van der Waals surface area contributed by atoms with Crippen molar-refractivity contribution in [2.75, 3.05) is 7.05 Å². The number of rotatable bonds is 0. The number of aliphatic hydroxyl groups is 1. The number of hydrogen-bond donors (Lipinski definition) is 1. The van der Waals surface area contributed by atoms with Crippen molar-refractivity contribution in [2.24, 2.45) is 0 Å². The van der Waals surface area contributed by atoms with Gasteiger partial charge in [0.25, 0.3) is 0 Å². The summed E-state index contributed by atoms with van der Waals surface area (Å²) in [7, 11) is 2.11. The van der Waals surface area contributed by atoms with Crippen LogP contribution >= 0.6 is 0 Å². The summed E-state index contributed by atoms with van der Waals surface area (Å²) in [4.78, 5) is 2.30. The number of nitrogens with zero attached hydrogens (tertiary/aromatic N) is 1. The van der Waals surface area contributed by atoms with Crippen LogP contribution in [0, 0.1) is 0 Å². The molecule has 0 amide bonds. The Morgan fingerprint density at radius 2 is 2.27 bits per heavy atom. The van der Waals surface area contributed by atoms with E-state index in [2.05, 4.69) is 24.1 Å². The summed E-state index contributed by atoms with van der Waals surface area (Å²) >= 11 is 0. The Hall–Kier alpha value is -0.340. The first-order chi connectivity index (χ1) is 5.29. The molecule has 2 heteroatoms. The van der Waals surface area contributed by atoms with Gasteiger partial charge in [0.15, 0.2) is 0 Å². The summed E-state index contributed by atoms with van der Waals surface area (Å²) in [6.07, 6.45) is 7.49. The third kappa shape index (κ3) is 1.10. The van der Waals surface area contributed by atoms with Crippen LogP contribution in [0.3, 0.4) is 0 Å². The van der Waals surface area contributed by atoms with Gasteiger partial charge in [-0.2, -0.15) is 0 Å². The lowest BCUT2D eigenvalue weighted by molar-refractivity contribution is 0.00233. The fourth-order valence-corrected chi connectivity index (χ4v) is 2.19. The molecule has 2 rings (SSSR count). The van der Waals surface area contributed by atoms with Gasteiger partial charge in [-0.15, -0.1) is 0 Å². The maximum atomic E-state index is 9.62. The summed E-state index contributed by atoms with van der Waals surface area (Å²) in [6.45, 7) is 0. The van der Waals surface area contributed by atoms with Crippen LogP contribution in [0.15, 0.2) is 12.2 Å². The predicted octanol–water partition coefficient (Wildman–Crippen LogP) is 0.770. The van der Waals surface area contributed by atoms with Crippen molar-refractivity contribution >= 4 is 0 Å². The molecule has 2 aliphatic heterocycles. The van der Waals surface area contributed by atoms with Gasteiger partial charge in [0.1, 0.15) is 0 Å². The number of aliphatic hydroxyl groups excluding tert-OH is 1. The van der Waals surface area contributed by atoms with Crippen LogP contribution in [0.2, 0.25) is 0 Å². The topological polar surface area (TPSA) is 23.5 Å². The molecule has 0 aromatic carbocycles. The Bertz CT molecular complexity index is 178. The van der Waals surface area contributed by atoms with Gasteiger partial charge in [-0.25, -0.2) is 0 Å². The molecule has 1 saturated heterocycles. The van der Waals surface area contributed by atoms with Crippen LogP contribution < -0.4 is 0 Å². The van der Waals surface area contributed by atoms with Crippen LogP contribution in [-0.4, -0.2) is 35.2 Å². The number of fused-ring (bicyclic) bond motifs is 2. The maximum absolute atomic E-state index is 9.62. The van der Waals surface area contributed by atoms with Gasteiger partial charge in [0, 0.05) is 12.1 Å². The number of piperidine rings is 1. The second kappa shape index (κ2) is 2.61. The van der Waals surface area contributed by atoms with Crippen LogP contribution in [0.25, 0.3) is 0 Å². The van der Waals surface area contributed by atoms with Crippen molar-refractivity contribution < 1.29 is 5.11 Å². The first-order valence-electron chi connectivity index (χ1n) is 4.35. The normalized spacial score (nSPS) is 44.4. The molecule has 2 unspecified atom stereocenters. The number of hydrogen-bond acceptors (Lipinski definition) is 2. The van der Waals surface area contributed by atoms with E-state index in [0.717, 1.165) is 19.3 Å². The molecule has 0 radical (unpaired) electrons. The molecule has 1 fully saturated rings. The summed E-state index contributed by atoms with van der Waals surface area (Å²) in [5.74, 6) is 0. The maximum Gasteiger partial charge on any atom is 0.0699 e. The smallest absolute Gasteiger partial charge is 0.0699 e. The first-order valence-corrected chi connectivity index (χ1v) is 4.35. The molecule has 0 saturated carbocycles. The number of likely N-dealkylation sites (N-methyl/N-ethyl adjacent to an activating group) is 1. The van der Waals surface area contributed by atoms with Gasteiger partial charge in [-0.05, 0) is 26.3 Å². The third-order valence-electron chi connectivity index (χ3n) is 2.98. The highest BCUT2D eigenvalue weighted by atomic mass is 16.3. The van der Waals surface area contributed by atoms with E-state index < -0.39 is 0 Å². The molecule has 1 N–H and O–H groups in total. The monoisotopic (exact) mass is 153 g/mol. The Labute approximate surface area is 67.5 Å². The Morgan fingerprint density at radius 1 is 1.45 bits per heavy atom. The van der Waals surface area contributed by atoms with Gasteiger partial charge < -0.3 is 5.11 Å². The van der Waals surface area contributed by atoms with Crippen molar-refractivity contribution in [1.82, 2.24) is 4.90 Å². The zero-order valence-electron chi connectivity index (χ0n) is 6.90. The van der Waals surface area contributed by atoms with Crippen LogP contribution in [0.1, 0.15) is 19.3 Å². The Morgan fingerprint density at radius 3 is 3.00 bits per heavy atom. The summed E-state index contributed by atoms with van der Waals surface area (Å²) < 4.78 is 0. The standard InChI is InChI=1S/C9H15NO/c1-10-7-3-2-4-8(10)9(11)6-5-7/h2-3,7-9,11H,4-6H2,1H3/t7?,8?,9-/m1/s1. The molecule has 2 nitrogen and oxygen atoms in total. The SMILES string of the molecule is CN1C2C=CCC1[C@H](O)CC2. The van der Waals surface area contributed by atoms with Gasteiger partial charge >= 0.3 is 0 Å². The largest absolute Gasteiger partial charge is 0.391 e. The van der Waals surface area contributed by atoms with E-state index in [1.165, 1.54) is 0 Å². The minimum absolute atomic E-state index is 0.0961. The third-order valence-corrected chi connectivity index (χ3v) is 2.98.